The van der Waals surface area contributed by atoms with E-state index in [-0.39, 0.29) is 6.41 Å². The first-order valence-electron chi connectivity index (χ1n) is 9.86. The summed E-state index contributed by atoms with van der Waals surface area (Å²) in [7, 11) is 0. The number of anilines is 1. The quantitative estimate of drug-likeness (QED) is 0.557. The molecular formula is C22H26N6O2. The molecule has 30 heavy (non-hydrogen) atoms. The molecule has 1 saturated heterocycles. The van der Waals surface area contributed by atoms with Gasteiger partial charge in [0.05, 0.1) is 0 Å². The Morgan fingerprint density at radius 1 is 1.23 bits per heavy atom. The van der Waals surface area contributed by atoms with E-state index >= 15 is 0 Å². The van der Waals surface area contributed by atoms with Crippen LogP contribution in [0.25, 0.3) is 17.5 Å². The summed E-state index contributed by atoms with van der Waals surface area (Å²) >= 11 is 0. The summed E-state index contributed by atoms with van der Waals surface area (Å²) < 4.78 is 5.54. The smallest absolute Gasteiger partial charge is 0.230 e. The number of rotatable bonds is 5. The van der Waals surface area contributed by atoms with E-state index in [1.54, 1.807) is 6.20 Å². The Morgan fingerprint density at radius 2 is 2.03 bits per heavy atom. The largest absolute Gasteiger partial charge is 0.372 e. The fourth-order valence-corrected chi connectivity index (χ4v) is 3.21. The molecule has 1 amide bonds. The molecule has 0 unspecified atom stereocenters. The minimum absolute atomic E-state index is 0.250. The fourth-order valence-electron chi connectivity index (χ4n) is 3.21. The standard InChI is InChI=1S/C21H23N5O.CH3NO/c1-15-5-6-18(14-17(15)9-13-24-19-4-2-3-10-23-19)20-25-21(27-26-20)16-7-11-22-12-8-16;2-1-3/h2-6,9-10,13-14,16,22H,7-8,11-12H2,1H3,(H,23,24);1H,(H2,2,3)/b13-9+;. The van der Waals surface area contributed by atoms with Crippen molar-refractivity contribution in [1.82, 2.24) is 20.4 Å². The molecule has 156 valence electrons. The second kappa shape index (κ2) is 10.9. The number of nitrogens with two attached hydrogens (primary N) is 1. The average molecular weight is 406 g/mol. The van der Waals surface area contributed by atoms with E-state index in [2.05, 4.69) is 50.5 Å². The molecule has 4 N–H and O–H groups in total. The van der Waals surface area contributed by atoms with E-state index in [1.807, 2.05) is 36.5 Å². The number of hydrogen-bond acceptors (Lipinski definition) is 7. The van der Waals surface area contributed by atoms with Gasteiger partial charge in [-0.3, -0.25) is 4.79 Å². The van der Waals surface area contributed by atoms with E-state index in [0.29, 0.717) is 11.7 Å². The van der Waals surface area contributed by atoms with Crippen molar-refractivity contribution in [3.05, 3.63) is 65.8 Å². The molecule has 1 aromatic carbocycles. The van der Waals surface area contributed by atoms with Gasteiger partial charge in [-0.15, -0.1) is 0 Å². The molecule has 3 heterocycles. The second-order valence-corrected chi connectivity index (χ2v) is 6.88. The van der Waals surface area contributed by atoms with Crippen LogP contribution >= 0.6 is 0 Å². The molecular weight excluding hydrogens is 380 g/mol. The van der Waals surface area contributed by atoms with Crippen LogP contribution in [0, 0.1) is 6.92 Å². The van der Waals surface area contributed by atoms with Crippen molar-refractivity contribution >= 4 is 18.3 Å². The van der Waals surface area contributed by atoms with E-state index in [9.17, 15) is 0 Å². The summed E-state index contributed by atoms with van der Waals surface area (Å²) in [5.74, 6) is 2.57. The molecule has 4 rings (SSSR count). The van der Waals surface area contributed by atoms with E-state index in [0.717, 1.165) is 48.8 Å². The number of nitrogens with zero attached hydrogens (tertiary/aromatic N) is 3. The third-order valence-corrected chi connectivity index (χ3v) is 4.83. The predicted octanol–water partition coefficient (Wildman–Crippen LogP) is 3.09. The van der Waals surface area contributed by atoms with Crippen LogP contribution in [0.4, 0.5) is 5.82 Å². The van der Waals surface area contributed by atoms with E-state index in [1.165, 1.54) is 5.56 Å². The van der Waals surface area contributed by atoms with Gasteiger partial charge in [-0.25, -0.2) is 4.98 Å². The molecule has 0 aliphatic carbocycles. The summed E-state index contributed by atoms with van der Waals surface area (Å²) in [4.78, 5) is 17.5. The number of primary amides is 1. The highest BCUT2D eigenvalue weighted by atomic mass is 16.5. The van der Waals surface area contributed by atoms with Gasteiger partial charge in [0.2, 0.25) is 18.1 Å². The number of amides is 1. The van der Waals surface area contributed by atoms with Crippen LogP contribution in [0.3, 0.4) is 0 Å². The lowest BCUT2D eigenvalue weighted by Crippen LogP contribution is -2.26. The number of carbonyl (C=O) groups excluding carboxylic acids is 1. The molecule has 3 aromatic rings. The lowest BCUT2D eigenvalue weighted by molar-refractivity contribution is -0.106. The highest BCUT2D eigenvalue weighted by molar-refractivity contribution is 5.65. The van der Waals surface area contributed by atoms with Gasteiger partial charge in [0.1, 0.15) is 5.82 Å². The Morgan fingerprint density at radius 3 is 2.77 bits per heavy atom. The number of hydrogen-bond donors (Lipinski definition) is 3. The number of pyridine rings is 1. The third kappa shape index (κ3) is 5.74. The van der Waals surface area contributed by atoms with E-state index < -0.39 is 0 Å². The summed E-state index contributed by atoms with van der Waals surface area (Å²) in [6.07, 6.45) is 8.02. The summed E-state index contributed by atoms with van der Waals surface area (Å²) in [5.41, 5.74) is 7.41. The second-order valence-electron chi connectivity index (χ2n) is 6.88. The van der Waals surface area contributed by atoms with Crippen molar-refractivity contribution in [1.29, 1.82) is 0 Å². The van der Waals surface area contributed by atoms with Gasteiger partial charge >= 0.3 is 0 Å². The normalized spacial score (nSPS) is 14.2. The molecule has 0 radical (unpaired) electrons. The van der Waals surface area contributed by atoms with Crippen LogP contribution in [-0.4, -0.2) is 34.6 Å². The van der Waals surface area contributed by atoms with Crippen LogP contribution < -0.4 is 16.4 Å². The Bertz CT molecular complexity index is 965. The van der Waals surface area contributed by atoms with Crippen LogP contribution in [0.2, 0.25) is 0 Å². The van der Waals surface area contributed by atoms with Gasteiger partial charge in [-0.2, -0.15) is 4.98 Å². The van der Waals surface area contributed by atoms with Crippen molar-refractivity contribution in [2.24, 2.45) is 5.73 Å². The van der Waals surface area contributed by atoms with Crippen molar-refractivity contribution < 1.29 is 9.32 Å². The Balaban J connectivity index is 0.000000806. The first-order chi connectivity index (χ1) is 14.7. The van der Waals surface area contributed by atoms with Gasteiger partial charge in [0, 0.05) is 23.9 Å². The predicted molar refractivity (Wildman–Crippen MR) is 116 cm³/mol. The lowest BCUT2D eigenvalue weighted by atomic mass is 9.98. The lowest BCUT2D eigenvalue weighted by Gasteiger charge is -2.18. The molecule has 8 heteroatoms. The maximum absolute atomic E-state index is 8.58. The van der Waals surface area contributed by atoms with Crippen LogP contribution in [0.5, 0.6) is 0 Å². The zero-order chi connectivity index (χ0) is 21.2. The van der Waals surface area contributed by atoms with E-state index in [4.69, 9.17) is 9.32 Å². The monoisotopic (exact) mass is 406 g/mol. The molecule has 1 aliphatic rings. The molecule has 0 atom stereocenters. The first-order valence-corrected chi connectivity index (χ1v) is 9.86. The molecule has 8 nitrogen and oxygen atoms in total. The molecule has 2 aromatic heterocycles. The fraction of sp³-hybridized carbons (Fsp3) is 0.273. The highest BCUT2D eigenvalue weighted by Gasteiger charge is 2.21. The van der Waals surface area contributed by atoms with Gasteiger partial charge in [0.15, 0.2) is 0 Å². The third-order valence-electron chi connectivity index (χ3n) is 4.83. The van der Waals surface area contributed by atoms with Crippen LogP contribution in [0.15, 0.2) is 53.3 Å². The zero-order valence-electron chi connectivity index (χ0n) is 16.9. The van der Waals surface area contributed by atoms with Crippen LogP contribution in [-0.2, 0) is 4.79 Å². The van der Waals surface area contributed by atoms with Crippen LogP contribution in [0.1, 0.15) is 35.8 Å². The van der Waals surface area contributed by atoms with Gasteiger partial charge < -0.3 is 20.9 Å². The minimum atomic E-state index is 0.250. The Hall–Kier alpha value is -3.52. The first kappa shape index (κ1) is 21.2. The molecule has 0 saturated carbocycles. The molecule has 0 spiro atoms. The number of aromatic nitrogens is 3. The zero-order valence-corrected chi connectivity index (χ0v) is 16.9. The molecule has 0 bridgehead atoms. The van der Waals surface area contributed by atoms with Crippen molar-refractivity contribution in [3.63, 3.8) is 0 Å². The van der Waals surface area contributed by atoms with Gasteiger partial charge in [-0.05, 0) is 68.3 Å². The molecule has 1 fully saturated rings. The number of piperidine rings is 1. The SMILES string of the molecule is Cc1ccc(-c2noc(C3CCNCC3)n2)cc1/C=C/Nc1ccccn1.NC=O. The van der Waals surface area contributed by atoms with Gasteiger partial charge in [-0.1, -0.05) is 23.4 Å². The average Bonchev–Trinajstić information content (AvgIpc) is 3.27. The summed E-state index contributed by atoms with van der Waals surface area (Å²) in [6, 6.07) is 12.0. The highest BCUT2D eigenvalue weighted by Crippen LogP contribution is 2.27. The number of nitrogens with one attached hydrogen (secondary N) is 2. The maximum Gasteiger partial charge on any atom is 0.230 e. The number of aryl methyl sites for hydroxylation is 1. The van der Waals surface area contributed by atoms with Crippen molar-refractivity contribution in [2.45, 2.75) is 25.7 Å². The van der Waals surface area contributed by atoms with Gasteiger partial charge in [0.25, 0.3) is 0 Å². The minimum Gasteiger partial charge on any atom is -0.372 e. The summed E-state index contributed by atoms with van der Waals surface area (Å²) in [6.45, 7) is 4.09. The van der Waals surface area contributed by atoms with Crippen molar-refractivity contribution in [3.8, 4) is 11.4 Å². The maximum atomic E-state index is 8.58. The Kier molecular flexibility index (Phi) is 7.68. The van der Waals surface area contributed by atoms with Crippen molar-refractivity contribution in [2.75, 3.05) is 18.4 Å². The summed E-state index contributed by atoms with van der Waals surface area (Å²) in [5, 5.41) is 10.7. The number of benzene rings is 1. The number of carbonyl (C=O) groups is 1. The topological polar surface area (TPSA) is 119 Å². The Labute approximate surface area is 175 Å². The molecule has 1 aliphatic heterocycles.